The summed E-state index contributed by atoms with van der Waals surface area (Å²) in [5.74, 6) is -2.56. The zero-order valence-corrected chi connectivity index (χ0v) is 23.3. The van der Waals surface area contributed by atoms with Crippen LogP contribution in [0.25, 0.3) is 23.1 Å². The summed E-state index contributed by atoms with van der Waals surface area (Å²) in [7, 11) is 0. The molecule has 0 radical (unpaired) electrons. The zero-order valence-electron chi connectivity index (χ0n) is 23.3. The van der Waals surface area contributed by atoms with E-state index in [1.165, 1.54) is 0 Å². The van der Waals surface area contributed by atoms with Crippen molar-refractivity contribution in [1.29, 1.82) is 0 Å². The van der Waals surface area contributed by atoms with Crippen molar-refractivity contribution in [1.82, 2.24) is 4.57 Å². The van der Waals surface area contributed by atoms with Crippen molar-refractivity contribution >= 4 is 35.0 Å². The molecule has 0 saturated heterocycles. The smallest absolute Gasteiger partial charge is 0.307 e. The van der Waals surface area contributed by atoms with Gasteiger partial charge in [-0.05, 0) is 72.7 Å². The molecule has 9 heteroatoms. The van der Waals surface area contributed by atoms with Gasteiger partial charge in [-0.15, -0.1) is 0 Å². The molecule has 1 heterocycles. The molecule has 7 nitrogen and oxygen atoms in total. The SMILES string of the molecule is Cc1cc(F)c(F)cc1OCCCCOc1ccc(/C=C/c2cccc3c2c(CC(=O)O)cn3CCCC(=O)O)cc1. The molecule has 0 fully saturated rings. The molecule has 0 amide bonds. The average Bonchev–Trinajstić information content (AvgIpc) is 3.29. The van der Waals surface area contributed by atoms with Crippen molar-refractivity contribution in [2.24, 2.45) is 0 Å². The Morgan fingerprint density at radius 3 is 2.31 bits per heavy atom. The maximum atomic E-state index is 13.4. The number of carbonyl (C=O) groups is 2. The van der Waals surface area contributed by atoms with Crippen molar-refractivity contribution in [2.45, 2.75) is 45.6 Å². The largest absolute Gasteiger partial charge is 0.494 e. The Labute approximate surface area is 242 Å². The maximum Gasteiger partial charge on any atom is 0.307 e. The molecule has 3 aromatic carbocycles. The van der Waals surface area contributed by atoms with Crippen LogP contribution in [0.4, 0.5) is 8.78 Å². The number of aryl methyl sites for hydroxylation is 2. The summed E-state index contributed by atoms with van der Waals surface area (Å²) in [6.07, 6.45) is 7.48. The Bertz CT molecular complexity index is 1580. The second-order valence-electron chi connectivity index (χ2n) is 10.00. The summed E-state index contributed by atoms with van der Waals surface area (Å²) in [4.78, 5) is 22.5. The Hall–Kier alpha value is -4.66. The van der Waals surface area contributed by atoms with Crippen molar-refractivity contribution in [3.05, 3.63) is 94.7 Å². The van der Waals surface area contributed by atoms with Gasteiger partial charge in [0.05, 0.1) is 19.6 Å². The predicted octanol–water partition coefficient (Wildman–Crippen LogP) is 7.13. The number of aliphatic carboxylic acids is 2. The highest BCUT2D eigenvalue weighted by molar-refractivity contribution is 5.96. The fraction of sp³-hybridized carbons (Fsp3) is 0.273. The van der Waals surface area contributed by atoms with Crippen LogP contribution in [0.2, 0.25) is 0 Å². The molecule has 4 rings (SSSR count). The number of hydrogen-bond acceptors (Lipinski definition) is 4. The van der Waals surface area contributed by atoms with Crippen LogP contribution < -0.4 is 9.47 Å². The molecule has 4 aromatic rings. The molecule has 1 aromatic heterocycles. The van der Waals surface area contributed by atoms with E-state index in [0.717, 1.165) is 40.6 Å². The number of aromatic nitrogens is 1. The van der Waals surface area contributed by atoms with Gasteiger partial charge in [-0.1, -0.05) is 36.4 Å². The van der Waals surface area contributed by atoms with E-state index in [4.69, 9.17) is 14.6 Å². The van der Waals surface area contributed by atoms with E-state index in [9.17, 15) is 23.5 Å². The van der Waals surface area contributed by atoms with Crippen LogP contribution >= 0.6 is 0 Å². The number of carboxylic acids is 2. The van der Waals surface area contributed by atoms with Gasteiger partial charge in [0.1, 0.15) is 11.5 Å². The highest BCUT2D eigenvalue weighted by Gasteiger charge is 2.14. The van der Waals surface area contributed by atoms with E-state index in [1.807, 2.05) is 59.2 Å². The summed E-state index contributed by atoms with van der Waals surface area (Å²) in [6, 6.07) is 15.5. The molecule has 0 atom stereocenters. The van der Waals surface area contributed by atoms with Gasteiger partial charge < -0.3 is 24.3 Å². The van der Waals surface area contributed by atoms with Gasteiger partial charge >= 0.3 is 11.9 Å². The standard InChI is InChI=1S/C33H33F2NO6/c1-22-18-27(34)28(35)20-30(22)42-17-3-2-16-41-26-13-10-23(11-14-26)9-12-24-6-4-7-29-33(24)25(19-32(39)40)21-36(29)15-5-8-31(37)38/h4,6-7,9-14,18,20-21H,2-3,5,8,15-17,19H2,1H3,(H,37,38)(H,39,40)/b12-9+. The number of carboxylic acid groups (broad SMARTS) is 2. The van der Waals surface area contributed by atoms with Gasteiger partial charge in [0.15, 0.2) is 11.6 Å². The third kappa shape index (κ3) is 8.19. The first-order valence-corrected chi connectivity index (χ1v) is 13.7. The minimum Gasteiger partial charge on any atom is -0.494 e. The number of nitrogens with zero attached hydrogens (tertiary/aromatic N) is 1. The molecule has 0 aliphatic heterocycles. The van der Waals surface area contributed by atoms with E-state index in [0.29, 0.717) is 55.2 Å². The quantitative estimate of drug-likeness (QED) is 0.115. The van der Waals surface area contributed by atoms with E-state index in [-0.39, 0.29) is 12.8 Å². The van der Waals surface area contributed by atoms with Crippen LogP contribution in [0, 0.1) is 18.6 Å². The summed E-state index contributed by atoms with van der Waals surface area (Å²) in [6.45, 7) is 3.00. The first-order valence-electron chi connectivity index (χ1n) is 13.7. The lowest BCUT2D eigenvalue weighted by molar-refractivity contribution is -0.137. The minimum atomic E-state index is -0.931. The number of ether oxygens (including phenoxy) is 2. The molecular weight excluding hydrogens is 544 g/mol. The first-order chi connectivity index (χ1) is 20.2. The summed E-state index contributed by atoms with van der Waals surface area (Å²) >= 11 is 0. The van der Waals surface area contributed by atoms with Crippen LogP contribution in [0.15, 0.2) is 60.8 Å². The van der Waals surface area contributed by atoms with Crippen LogP contribution in [-0.2, 0) is 22.6 Å². The molecule has 0 unspecified atom stereocenters. The second kappa shape index (κ2) is 14.3. The predicted molar refractivity (Wildman–Crippen MR) is 157 cm³/mol. The van der Waals surface area contributed by atoms with E-state index >= 15 is 0 Å². The topological polar surface area (TPSA) is 98.0 Å². The number of benzene rings is 3. The van der Waals surface area contributed by atoms with Crippen molar-refractivity contribution in [3.8, 4) is 11.5 Å². The molecule has 0 saturated carbocycles. The second-order valence-corrected chi connectivity index (χ2v) is 10.00. The zero-order chi connectivity index (χ0) is 30.1. The molecule has 42 heavy (non-hydrogen) atoms. The number of rotatable bonds is 15. The molecule has 0 spiro atoms. The minimum absolute atomic E-state index is 0.0429. The average molecular weight is 578 g/mol. The maximum absolute atomic E-state index is 13.4. The van der Waals surface area contributed by atoms with Gasteiger partial charge in [0, 0.05) is 36.1 Å². The first kappa shape index (κ1) is 30.3. The lowest BCUT2D eigenvalue weighted by Crippen LogP contribution is -2.04. The Morgan fingerprint density at radius 2 is 1.60 bits per heavy atom. The van der Waals surface area contributed by atoms with Gasteiger partial charge in [-0.25, -0.2) is 8.78 Å². The number of halogens is 2. The molecule has 0 aliphatic carbocycles. The number of hydrogen-bond donors (Lipinski definition) is 2. The van der Waals surface area contributed by atoms with Crippen LogP contribution in [0.1, 0.15) is 47.9 Å². The van der Waals surface area contributed by atoms with Gasteiger partial charge in [0.2, 0.25) is 0 Å². The van der Waals surface area contributed by atoms with Gasteiger partial charge in [-0.2, -0.15) is 0 Å². The third-order valence-electron chi connectivity index (χ3n) is 6.77. The van der Waals surface area contributed by atoms with E-state index in [2.05, 4.69) is 0 Å². The van der Waals surface area contributed by atoms with Crippen molar-refractivity contribution in [3.63, 3.8) is 0 Å². The normalized spacial score (nSPS) is 11.3. The molecule has 0 aliphatic rings. The lowest BCUT2D eigenvalue weighted by atomic mass is 10.0. The summed E-state index contributed by atoms with van der Waals surface area (Å²) in [5, 5.41) is 19.3. The third-order valence-corrected chi connectivity index (χ3v) is 6.77. The molecule has 0 bridgehead atoms. The summed E-state index contributed by atoms with van der Waals surface area (Å²) in [5.41, 5.74) is 3.91. The highest BCUT2D eigenvalue weighted by atomic mass is 19.2. The molecule has 2 N–H and O–H groups in total. The number of fused-ring (bicyclic) bond motifs is 1. The Balaban J connectivity index is 1.33. The van der Waals surface area contributed by atoms with Crippen LogP contribution in [0.5, 0.6) is 11.5 Å². The van der Waals surface area contributed by atoms with E-state index in [1.54, 1.807) is 13.1 Å². The van der Waals surface area contributed by atoms with Crippen molar-refractivity contribution < 1.29 is 38.1 Å². The summed E-state index contributed by atoms with van der Waals surface area (Å²) < 4.78 is 39.9. The fourth-order valence-corrected chi connectivity index (χ4v) is 4.71. The van der Waals surface area contributed by atoms with Gasteiger partial charge in [-0.3, -0.25) is 9.59 Å². The molecule has 220 valence electrons. The lowest BCUT2D eigenvalue weighted by Gasteiger charge is -2.10. The Morgan fingerprint density at radius 1 is 0.881 bits per heavy atom. The monoisotopic (exact) mass is 577 g/mol. The van der Waals surface area contributed by atoms with E-state index < -0.39 is 23.6 Å². The van der Waals surface area contributed by atoms with Crippen LogP contribution in [-0.4, -0.2) is 39.9 Å². The van der Waals surface area contributed by atoms with Crippen LogP contribution in [0.3, 0.4) is 0 Å². The van der Waals surface area contributed by atoms with Gasteiger partial charge in [0.25, 0.3) is 0 Å². The Kier molecular flexibility index (Phi) is 10.3. The van der Waals surface area contributed by atoms with Crippen molar-refractivity contribution in [2.75, 3.05) is 13.2 Å². The fourth-order valence-electron chi connectivity index (χ4n) is 4.71. The number of unbranched alkanes of at least 4 members (excludes halogenated alkanes) is 1. The highest BCUT2D eigenvalue weighted by Crippen LogP contribution is 2.28. The molecular formula is C33H33F2NO6.